The van der Waals surface area contributed by atoms with E-state index in [4.69, 9.17) is 4.74 Å². The van der Waals surface area contributed by atoms with Crippen LogP contribution in [0.3, 0.4) is 0 Å². The maximum Gasteiger partial charge on any atom is 0.119 e. The predicted octanol–water partition coefficient (Wildman–Crippen LogP) is 2.25. The minimum atomic E-state index is -0.418. The van der Waals surface area contributed by atoms with Crippen LogP contribution in [0.2, 0.25) is 0 Å². The molecule has 1 aliphatic heterocycles. The third kappa shape index (κ3) is 4.12. The minimum absolute atomic E-state index is 0.221. The fourth-order valence-corrected chi connectivity index (χ4v) is 2.68. The smallest absolute Gasteiger partial charge is 0.119 e. The molecule has 0 bridgehead atoms. The fraction of sp³-hybridized carbons (Fsp3) is 0.625. The molecule has 0 amide bonds. The number of aromatic hydroxyl groups is 1. The lowest BCUT2D eigenvalue weighted by molar-refractivity contribution is 0.0204. The van der Waals surface area contributed by atoms with E-state index in [0.717, 1.165) is 25.9 Å². The summed E-state index contributed by atoms with van der Waals surface area (Å²) in [6.07, 6.45) is 1.63. The zero-order valence-corrected chi connectivity index (χ0v) is 12.3. The summed E-state index contributed by atoms with van der Waals surface area (Å²) >= 11 is 0. The average Bonchev–Trinajstić information content (AvgIpc) is 2.46. The third-order valence-electron chi connectivity index (χ3n) is 4.11. The van der Waals surface area contributed by atoms with Gasteiger partial charge in [-0.15, -0.1) is 0 Å². The molecular formula is C16H25NO3. The van der Waals surface area contributed by atoms with Gasteiger partial charge in [-0.25, -0.2) is 0 Å². The maximum atomic E-state index is 10.2. The molecule has 0 spiro atoms. The van der Waals surface area contributed by atoms with Gasteiger partial charge in [-0.1, -0.05) is 0 Å². The Morgan fingerprint density at radius 3 is 2.35 bits per heavy atom. The van der Waals surface area contributed by atoms with Crippen molar-refractivity contribution in [3.8, 4) is 11.5 Å². The summed E-state index contributed by atoms with van der Waals surface area (Å²) in [6.45, 7) is 6.85. The topological polar surface area (TPSA) is 52.9 Å². The Kier molecular flexibility index (Phi) is 5.26. The molecule has 1 aromatic rings. The number of aliphatic hydroxyl groups excluding tert-OH is 1. The monoisotopic (exact) mass is 279 g/mol. The number of phenols is 1. The Hall–Kier alpha value is -1.26. The van der Waals surface area contributed by atoms with E-state index in [2.05, 4.69) is 18.7 Å². The van der Waals surface area contributed by atoms with Gasteiger partial charge in [0.1, 0.15) is 18.1 Å². The highest BCUT2D eigenvalue weighted by molar-refractivity contribution is 5.30. The molecule has 0 saturated carbocycles. The molecule has 0 aromatic heterocycles. The molecule has 112 valence electrons. The Labute approximate surface area is 121 Å². The SMILES string of the molecule is CC(C)N1CCC(C(O)COc2ccc(O)cc2)CC1. The van der Waals surface area contributed by atoms with Crippen LogP contribution in [0.25, 0.3) is 0 Å². The standard InChI is InChI=1S/C16H25NO3/c1-12(2)17-9-7-13(8-10-17)16(19)11-20-15-5-3-14(18)4-6-15/h3-6,12-13,16,18-19H,7-11H2,1-2H3. The minimum Gasteiger partial charge on any atom is -0.508 e. The highest BCUT2D eigenvalue weighted by Gasteiger charge is 2.26. The van der Waals surface area contributed by atoms with Gasteiger partial charge in [-0.2, -0.15) is 0 Å². The number of piperidine rings is 1. The molecule has 0 aliphatic carbocycles. The molecule has 1 heterocycles. The largest absolute Gasteiger partial charge is 0.508 e. The average molecular weight is 279 g/mol. The van der Waals surface area contributed by atoms with Crippen molar-refractivity contribution >= 4 is 0 Å². The van der Waals surface area contributed by atoms with Gasteiger partial charge < -0.3 is 19.8 Å². The van der Waals surface area contributed by atoms with Gasteiger partial charge in [-0.3, -0.25) is 0 Å². The van der Waals surface area contributed by atoms with E-state index >= 15 is 0 Å². The van der Waals surface area contributed by atoms with Crippen LogP contribution in [-0.2, 0) is 0 Å². The molecule has 2 rings (SSSR count). The molecule has 1 aliphatic rings. The first-order valence-electron chi connectivity index (χ1n) is 7.40. The number of likely N-dealkylation sites (tertiary alicyclic amines) is 1. The van der Waals surface area contributed by atoms with Gasteiger partial charge in [-0.05, 0) is 70.0 Å². The summed E-state index contributed by atoms with van der Waals surface area (Å²) < 4.78 is 5.58. The van der Waals surface area contributed by atoms with Crippen LogP contribution >= 0.6 is 0 Å². The second kappa shape index (κ2) is 6.95. The first kappa shape index (κ1) is 15.1. The van der Waals surface area contributed by atoms with Crippen molar-refractivity contribution in [2.45, 2.75) is 38.8 Å². The molecule has 0 radical (unpaired) electrons. The van der Waals surface area contributed by atoms with Crippen LogP contribution < -0.4 is 4.74 Å². The van der Waals surface area contributed by atoms with E-state index in [1.165, 1.54) is 0 Å². The molecule has 1 unspecified atom stereocenters. The molecule has 4 heteroatoms. The maximum absolute atomic E-state index is 10.2. The molecule has 1 saturated heterocycles. The lowest BCUT2D eigenvalue weighted by atomic mass is 9.91. The van der Waals surface area contributed by atoms with Gasteiger partial charge >= 0.3 is 0 Å². The summed E-state index contributed by atoms with van der Waals surface area (Å²) in [5, 5.41) is 19.4. The van der Waals surface area contributed by atoms with Gasteiger partial charge in [0.05, 0.1) is 6.10 Å². The highest BCUT2D eigenvalue weighted by atomic mass is 16.5. The lowest BCUT2D eigenvalue weighted by Gasteiger charge is -2.36. The normalized spacial score (nSPS) is 19.2. The zero-order valence-electron chi connectivity index (χ0n) is 12.3. The Morgan fingerprint density at radius 2 is 1.80 bits per heavy atom. The molecule has 2 N–H and O–H groups in total. The number of benzene rings is 1. The molecule has 20 heavy (non-hydrogen) atoms. The van der Waals surface area contributed by atoms with Gasteiger partial charge in [0.25, 0.3) is 0 Å². The molecule has 1 fully saturated rings. The van der Waals surface area contributed by atoms with Crippen molar-refractivity contribution < 1.29 is 14.9 Å². The molecule has 4 nitrogen and oxygen atoms in total. The van der Waals surface area contributed by atoms with Crippen molar-refractivity contribution in [2.24, 2.45) is 5.92 Å². The van der Waals surface area contributed by atoms with E-state index in [1.54, 1.807) is 24.3 Å². The number of ether oxygens (including phenoxy) is 1. The van der Waals surface area contributed by atoms with Gasteiger partial charge in [0.2, 0.25) is 0 Å². The highest BCUT2D eigenvalue weighted by Crippen LogP contribution is 2.23. The van der Waals surface area contributed by atoms with Crippen molar-refractivity contribution in [1.29, 1.82) is 0 Å². The van der Waals surface area contributed by atoms with E-state index in [9.17, 15) is 10.2 Å². The van der Waals surface area contributed by atoms with Crippen molar-refractivity contribution in [1.82, 2.24) is 4.90 Å². The molecule has 1 atom stereocenters. The van der Waals surface area contributed by atoms with Crippen LogP contribution in [0.15, 0.2) is 24.3 Å². The van der Waals surface area contributed by atoms with E-state index < -0.39 is 6.10 Å². The Balaban J connectivity index is 1.75. The summed E-state index contributed by atoms with van der Waals surface area (Å²) in [5.74, 6) is 1.22. The quantitative estimate of drug-likeness (QED) is 0.868. The van der Waals surface area contributed by atoms with E-state index in [-0.39, 0.29) is 5.75 Å². The number of hydrogen-bond donors (Lipinski definition) is 2. The number of hydrogen-bond acceptors (Lipinski definition) is 4. The summed E-state index contributed by atoms with van der Waals surface area (Å²) in [5.41, 5.74) is 0. The van der Waals surface area contributed by atoms with Crippen molar-refractivity contribution in [2.75, 3.05) is 19.7 Å². The van der Waals surface area contributed by atoms with E-state index in [1.807, 2.05) is 0 Å². The summed E-state index contributed by atoms with van der Waals surface area (Å²) in [6, 6.07) is 7.18. The van der Waals surface area contributed by atoms with Crippen LogP contribution in [0.5, 0.6) is 11.5 Å². The van der Waals surface area contributed by atoms with Crippen LogP contribution in [0, 0.1) is 5.92 Å². The summed E-state index contributed by atoms with van der Waals surface area (Å²) in [4.78, 5) is 2.45. The number of aliphatic hydroxyl groups is 1. The third-order valence-corrected chi connectivity index (χ3v) is 4.11. The van der Waals surface area contributed by atoms with Crippen molar-refractivity contribution in [3.05, 3.63) is 24.3 Å². The number of nitrogens with zero attached hydrogens (tertiary/aromatic N) is 1. The van der Waals surface area contributed by atoms with Gasteiger partial charge in [0, 0.05) is 6.04 Å². The second-order valence-corrected chi connectivity index (χ2v) is 5.84. The lowest BCUT2D eigenvalue weighted by Crippen LogP contribution is -2.42. The first-order valence-corrected chi connectivity index (χ1v) is 7.40. The Bertz CT molecular complexity index is 397. The second-order valence-electron chi connectivity index (χ2n) is 5.84. The van der Waals surface area contributed by atoms with Crippen LogP contribution in [-0.4, -0.2) is 47.0 Å². The predicted molar refractivity (Wildman–Crippen MR) is 79.0 cm³/mol. The molecular weight excluding hydrogens is 254 g/mol. The number of phenolic OH excluding ortho intramolecular Hbond substituents is 1. The number of rotatable bonds is 5. The zero-order chi connectivity index (χ0) is 14.5. The van der Waals surface area contributed by atoms with Gasteiger partial charge in [0.15, 0.2) is 0 Å². The molecule has 1 aromatic carbocycles. The van der Waals surface area contributed by atoms with Crippen LogP contribution in [0.4, 0.5) is 0 Å². The Morgan fingerprint density at radius 1 is 1.20 bits per heavy atom. The van der Waals surface area contributed by atoms with E-state index in [0.29, 0.717) is 24.3 Å². The first-order chi connectivity index (χ1) is 9.56. The van der Waals surface area contributed by atoms with Crippen molar-refractivity contribution in [3.63, 3.8) is 0 Å². The fourth-order valence-electron chi connectivity index (χ4n) is 2.68. The summed E-state index contributed by atoms with van der Waals surface area (Å²) in [7, 11) is 0. The van der Waals surface area contributed by atoms with Crippen LogP contribution in [0.1, 0.15) is 26.7 Å².